The van der Waals surface area contributed by atoms with E-state index in [2.05, 4.69) is 11.0 Å². The first-order valence-electron chi connectivity index (χ1n) is 9.28. The number of rotatable bonds is 7. The number of benzene rings is 2. The lowest BCUT2D eigenvalue weighted by Crippen LogP contribution is -2.29. The fourth-order valence-electron chi connectivity index (χ4n) is 2.80. The normalized spacial score (nSPS) is 17.0. The Hall–Kier alpha value is -2.84. The lowest BCUT2D eigenvalue weighted by Gasteiger charge is -2.12. The molecule has 0 atom stereocenters. The summed E-state index contributed by atoms with van der Waals surface area (Å²) >= 11 is 1.02. The molecule has 0 aromatic heterocycles. The summed E-state index contributed by atoms with van der Waals surface area (Å²) in [5, 5.41) is 0.105. The van der Waals surface area contributed by atoms with Gasteiger partial charge in [-0.25, -0.2) is 0 Å². The van der Waals surface area contributed by atoms with E-state index in [0.717, 1.165) is 29.3 Å². The molecule has 0 spiro atoms. The van der Waals surface area contributed by atoms with Gasteiger partial charge in [0, 0.05) is 6.54 Å². The summed E-state index contributed by atoms with van der Waals surface area (Å²) in [5.41, 5.74) is 1.80. The number of methoxy groups -OCH3 is 1. The SMILES string of the molecule is C=CCN1C(=O)/C(=C/c2cccc(OC)c2)S/C1=N/S(=O)(=O)c1ccc(CC)cc1. The maximum absolute atomic E-state index is 12.9. The first kappa shape index (κ1) is 21.9. The lowest BCUT2D eigenvalue weighted by molar-refractivity contribution is -0.121. The Balaban J connectivity index is 1.97. The van der Waals surface area contributed by atoms with Crippen molar-refractivity contribution < 1.29 is 17.9 Å². The molecule has 1 aliphatic heterocycles. The Morgan fingerprint density at radius 1 is 1.20 bits per heavy atom. The van der Waals surface area contributed by atoms with Crippen LogP contribution in [0.5, 0.6) is 5.75 Å². The molecular formula is C22H22N2O4S2. The van der Waals surface area contributed by atoms with Crippen molar-refractivity contribution in [2.45, 2.75) is 18.2 Å². The molecule has 0 saturated carbocycles. The van der Waals surface area contributed by atoms with Gasteiger partial charge in [-0.3, -0.25) is 9.69 Å². The number of amidine groups is 1. The van der Waals surface area contributed by atoms with Gasteiger partial charge in [-0.2, -0.15) is 8.42 Å². The molecule has 0 aliphatic carbocycles. The number of amides is 1. The Kier molecular flexibility index (Phi) is 6.79. The van der Waals surface area contributed by atoms with E-state index in [1.807, 2.05) is 19.1 Å². The highest BCUT2D eigenvalue weighted by Crippen LogP contribution is 2.34. The van der Waals surface area contributed by atoms with Gasteiger partial charge in [0.2, 0.25) is 0 Å². The molecule has 2 aromatic rings. The van der Waals surface area contributed by atoms with Crippen LogP contribution >= 0.6 is 11.8 Å². The van der Waals surface area contributed by atoms with Crippen LogP contribution in [0.15, 0.2) is 75.4 Å². The van der Waals surface area contributed by atoms with Gasteiger partial charge in [-0.15, -0.1) is 11.0 Å². The summed E-state index contributed by atoms with van der Waals surface area (Å²) in [7, 11) is -2.39. The molecular weight excluding hydrogens is 420 g/mol. The third kappa shape index (κ3) is 4.83. The standard InChI is InChI=1S/C22H22N2O4S2/c1-4-13-24-21(25)20(15-17-7-6-8-18(14-17)28-3)29-22(24)23-30(26,27)19-11-9-16(5-2)10-12-19/h4,6-12,14-15H,1,5,13H2,2-3H3/b20-15-,23-22+. The number of hydrogen-bond donors (Lipinski definition) is 0. The van der Waals surface area contributed by atoms with Gasteiger partial charge < -0.3 is 4.74 Å². The minimum atomic E-state index is -3.96. The molecule has 156 valence electrons. The quantitative estimate of drug-likeness (QED) is 0.477. The molecule has 1 heterocycles. The van der Waals surface area contributed by atoms with Crippen molar-refractivity contribution in [1.82, 2.24) is 4.90 Å². The third-order valence-electron chi connectivity index (χ3n) is 4.42. The molecule has 8 heteroatoms. The van der Waals surface area contributed by atoms with E-state index >= 15 is 0 Å². The Morgan fingerprint density at radius 2 is 1.93 bits per heavy atom. The van der Waals surface area contributed by atoms with Gasteiger partial charge in [0.1, 0.15) is 5.75 Å². The number of hydrogen-bond acceptors (Lipinski definition) is 5. The molecule has 1 saturated heterocycles. The van der Waals surface area contributed by atoms with Crippen LogP contribution < -0.4 is 4.74 Å². The molecule has 1 fully saturated rings. The zero-order valence-electron chi connectivity index (χ0n) is 16.7. The fraction of sp³-hybridized carbons (Fsp3) is 0.182. The second-order valence-corrected chi connectivity index (χ2v) is 9.05. The molecule has 0 radical (unpaired) electrons. The number of sulfonamides is 1. The van der Waals surface area contributed by atoms with Crippen molar-refractivity contribution in [2.24, 2.45) is 4.40 Å². The fourth-order valence-corrected chi connectivity index (χ4v) is 4.99. The highest BCUT2D eigenvalue weighted by molar-refractivity contribution is 8.19. The number of ether oxygens (including phenoxy) is 1. The Bertz CT molecular complexity index is 1120. The zero-order valence-corrected chi connectivity index (χ0v) is 18.4. The summed E-state index contributed by atoms with van der Waals surface area (Å²) in [6, 6.07) is 13.8. The van der Waals surface area contributed by atoms with Crippen LogP contribution in [-0.4, -0.2) is 38.0 Å². The Labute approximate surface area is 181 Å². The van der Waals surface area contributed by atoms with Crippen LogP contribution in [0.1, 0.15) is 18.1 Å². The molecule has 2 aromatic carbocycles. The van der Waals surface area contributed by atoms with Gasteiger partial charge in [0.15, 0.2) is 5.17 Å². The molecule has 1 amide bonds. The summed E-state index contributed by atoms with van der Waals surface area (Å²) in [5.74, 6) is 0.340. The maximum atomic E-state index is 12.9. The van der Waals surface area contributed by atoms with E-state index in [-0.39, 0.29) is 22.5 Å². The van der Waals surface area contributed by atoms with Crippen molar-refractivity contribution in [3.05, 3.63) is 77.2 Å². The van der Waals surface area contributed by atoms with E-state index in [4.69, 9.17) is 4.74 Å². The lowest BCUT2D eigenvalue weighted by atomic mass is 10.2. The summed E-state index contributed by atoms with van der Waals surface area (Å²) < 4.78 is 34.7. The van der Waals surface area contributed by atoms with Gasteiger partial charge in [0.05, 0.1) is 16.9 Å². The summed E-state index contributed by atoms with van der Waals surface area (Å²) in [6.45, 7) is 5.81. The highest BCUT2D eigenvalue weighted by Gasteiger charge is 2.34. The molecule has 6 nitrogen and oxygen atoms in total. The van der Waals surface area contributed by atoms with Crippen molar-refractivity contribution in [3.8, 4) is 5.75 Å². The molecule has 0 bridgehead atoms. The van der Waals surface area contributed by atoms with Crippen LogP contribution in [0.2, 0.25) is 0 Å². The zero-order chi connectivity index (χ0) is 21.7. The predicted octanol–water partition coefficient (Wildman–Crippen LogP) is 4.10. The minimum Gasteiger partial charge on any atom is -0.497 e. The minimum absolute atomic E-state index is 0.0871. The van der Waals surface area contributed by atoms with E-state index in [1.54, 1.807) is 37.5 Å². The summed E-state index contributed by atoms with van der Waals surface area (Å²) in [4.78, 5) is 14.6. The van der Waals surface area contributed by atoms with E-state index in [0.29, 0.717) is 10.7 Å². The first-order chi connectivity index (χ1) is 14.4. The van der Waals surface area contributed by atoms with E-state index < -0.39 is 10.0 Å². The number of nitrogens with zero attached hydrogens (tertiary/aromatic N) is 2. The number of carbonyl (C=O) groups excluding carboxylic acids is 1. The van der Waals surface area contributed by atoms with Gasteiger partial charge in [-0.05, 0) is 59.7 Å². The highest BCUT2D eigenvalue weighted by atomic mass is 32.2. The van der Waals surface area contributed by atoms with Crippen LogP contribution in [0.4, 0.5) is 0 Å². The first-order valence-corrected chi connectivity index (χ1v) is 11.5. The van der Waals surface area contributed by atoms with Crippen LogP contribution in [0.3, 0.4) is 0 Å². The number of thioether (sulfide) groups is 1. The van der Waals surface area contributed by atoms with Crippen molar-refractivity contribution in [2.75, 3.05) is 13.7 Å². The van der Waals surface area contributed by atoms with Crippen molar-refractivity contribution in [1.29, 1.82) is 0 Å². The largest absolute Gasteiger partial charge is 0.497 e. The average molecular weight is 443 g/mol. The van der Waals surface area contributed by atoms with Gasteiger partial charge >= 0.3 is 0 Å². The number of carbonyl (C=O) groups is 1. The smallest absolute Gasteiger partial charge is 0.284 e. The number of aryl methyl sites for hydroxylation is 1. The third-order valence-corrected chi connectivity index (χ3v) is 6.82. The molecule has 0 unspecified atom stereocenters. The summed E-state index contributed by atoms with van der Waals surface area (Å²) in [6.07, 6.45) is 4.03. The van der Waals surface area contributed by atoms with Gasteiger partial charge in [0.25, 0.3) is 15.9 Å². The van der Waals surface area contributed by atoms with Crippen LogP contribution in [0.25, 0.3) is 6.08 Å². The van der Waals surface area contributed by atoms with E-state index in [9.17, 15) is 13.2 Å². The van der Waals surface area contributed by atoms with E-state index in [1.165, 1.54) is 23.1 Å². The Morgan fingerprint density at radius 3 is 2.57 bits per heavy atom. The second-order valence-electron chi connectivity index (χ2n) is 6.44. The molecule has 1 aliphatic rings. The monoisotopic (exact) mass is 442 g/mol. The van der Waals surface area contributed by atoms with Crippen LogP contribution in [-0.2, 0) is 21.2 Å². The van der Waals surface area contributed by atoms with Crippen LogP contribution in [0, 0.1) is 0 Å². The predicted molar refractivity (Wildman–Crippen MR) is 121 cm³/mol. The molecule has 3 rings (SSSR count). The average Bonchev–Trinajstić information content (AvgIpc) is 3.02. The van der Waals surface area contributed by atoms with Crippen molar-refractivity contribution in [3.63, 3.8) is 0 Å². The topological polar surface area (TPSA) is 76.0 Å². The molecule has 0 N–H and O–H groups in total. The van der Waals surface area contributed by atoms with Crippen molar-refractivity contribution >= 4 is 38.9 Å². The second kappa shape index (κ2) is 9.32. The molecule has 30 heavy (non-hydrogen) atoms. The maximum Gasteiger partial charge on any atom is 0.284 e. The van der Waals surface area contributed by atoms with Gasteiger partial charge in [-0.1, -0.05) is 37.3 Å².